The van der Waals surface area contributed by atoms with Crippen LogP contribution in [-0.2, 0) is 0 Å². The van der Waals surface area contributed by atoms with Crippen molar-refractivity contribution in [3.05, 3.63) is 78.1 Å². The molecule has 3 rings (SSSR count). The van der Waals surface area contributed by atoms with Crippen molar-refractivity contribution in [3.8, 4) is 0 Å². The van der Waals surface area contributed by atoms with Gasteiger partial charge < -0.3 is 5.32 Å². The largest absolute Gasteiger partial charge is 0.305 e. The highest BCUT2D eigenvalue weighted by Crippen LogP contribution is 2.24. The second-order valence-electron chi connectivity index (χ2n) is 4.85. The number of hydrogen-bond acceptors (Lipinski definition) is 2. The zero-order valence-electron chi connectivity index (χ0n) is 11.6. The summed E-state index contributed by atoms with van der Waals surface area (Å²) in [6, 6.07) is 21.3. The Balaban J connectivity index is 2.05. The first-order valence-electron chi connectivity index (χ1n) is 7.01. The molecule has 2 heteroatoms. The van der Waals surface area contributed by atoms with Gasteiger partial charge >= 0.3 is 0 Å². The van der Waals surface area contributed by atoms with E-state index in [1.807, 2.05) is 18.3 Å². The van der Waals surface area contributed by atoms with Crippen LogP contribution < -0.4 is 5.32 Å². The zero-order chi connectivity index (χ0) is 13.8. The molecule has 2 nitrogen and oxygen atoms in total. The number of pyridine rings is 1. The Bertz CT molecular complexity index is 692. The third-order valence-electron chi connectivity index (χ3n) is 3.50. The average Bonchev–Trinajstić information content (AvgIpc) is 2.53. The number of fused-ring (bicyclic) bond motifs is 1. The third kappa shape index (κ3) is 2.56. The van der Waals surface area contributed by atoms with Gasteiger partial charge in [0, 0.05) is 6.20 Å². The van der Waals surface area contributed by atoms with Crippen LogP contribution in [0.3, 0.4) is 0 Å². The van der Waals surface area contributed by atoms with E-state index in [1.165, 1.54) is 16.3 Å². The summed E-state index contributed by atoms with van der Waals surface area (Å²) in [5.41, 5.74) is 2.31. The molecule has 1 aromatic heterocycles. The first-order chi connectivity index (χ1) is 9.88. The summed E-state index contributed by atoms with van der Waals surface area (Å²) in [6.45, 7) is 3.03. The summed E-state index contributed by atoms with van der Waals surface area (Å²) >= 11 is 0. The number of benzene rings is 2. The second kappa shape index (κ2) is 5.85. The molecule has 0 saturated carbocycles. The molecule has 3 aromatic rings. The van der Waals surface area contributed by atoms with Crippen LogP contribution in [-0.4, -0.2) is 11.5 Å². The van der Waals surface area contributed by atoms with Gasteiger partial charge in [-0.05, 0) is 41.1 Å². The van der Waals surface area contributed by atoms with E-state index in [-0.39, 0.29) is 6.04 Å². The number of rotatable bonds is 4. The normalized spacial score (nSPS) is 12.4. The van der Waals surface area contributed by atoms with Gasteiger partial charge in [0.1, 0.15) is 0 Å². The topological polar surface area (TPSA) is 24.9 Å². The fourth-order valence-electron chi connectivity index (χ4n) is 2.53. The van der Waals surface area contributed by atoms with Crippen LogP contribution >= 0.6 is 0 Å². The zero-order valence-corrected chi connectivity index (χ0v) is 11.6. The maximum absolute atomic E-state index is 4.49. The monoisotopic (exact) mass is 262 g/mol. The van der Waals surface area contributed by atoms with Crippen molar-refractivity contribution in [1.29, 1.82) is 0 Å². The maximum Gasteiger partial charge on any atom is 0.0751 e. The lowest BCUT2D eigenvalue weighted by Gasteiger charge is -2.18. The molecule has 0 saturated heterocycles. The smallest absolute Gasteiger partial charge is 0.0751 e. The van der Waals surface area contributed by atoms with Crippen LogP contribution in [0.5, 0.6) is 0 Å². The fourth-order valence-corrected chi connectivity index (χ4v) is 2.53. The van der Waals surface area contributed by atoms with Gasteiger partial charge in [0.05, 0.1) is 11.7 Å². The Kier molecular flexibility index (Phi) is 3.75. The van der Waals surface area contributed by atoms with E-state index in [0.717, 1.165) is 12.2 Å². The molecule has 1 unspecified atom stereocenters. The summed E-state index contributed by atoms with van der Waals surface area (Å²) < 4.78 is 0. The predicted molar refractivity (Wildman–Crippen MR) is 83.7 cm³/mol. The molecule has 0 aliphatic heterocycles. The number of nitrogens with one attached hydrogen (secondary N) is 1. The molecule has 0 aliphatic carbocycles. The van der Waals surface area contributed by atoms with Gasteiger partial charge in [-0.15, -0.1) is 0 Å². The van der Waals surface area contributed by atoms with Gasteiger partial charge in [-0.3, -0.25) is 4.98 Å². The molecule has 0 spiro atoms. The standard InChI is InChI=1S/C18H18N2/c1-2-19-18(17-9-5-6-12-20-17)16-11-10-14-7-3-4-8-15(14)13-16/h3-13,18-19H,2H2,1H3. The Hall–Kier alpha value is -2.19. The van der Waals surface area contributed by atoms with Crippen molar-refractivity contribution in [1.82, 2.24) is 10.3 Å². The lowest BCUT2D eigenvalue weighted by atomic mass is 9.99. The highest BCUT2D eigenvalue weighted by Gasteiger charge is 2.14. The van der Waals surface area contributed by atoms with Gasteiger partial charge in [0.15, 0.2) is 0 Å². The highest BCUT2D eigenvalue weighted by atomic mass is 14.9. The molecular weight excluding hydrogens is 244 g/mol. The van der Waals surface area contributed by atoms with E-state index >= 15 is 0 Å². The molecule has 0 bridgehead atoms. The second-order valence-corrected chi connectivity index (χ2v) is 4.85. The summed E-state index contributed by atoms with van der Waals surface area (Å²) in [6.07, 6.45) is 1.85. The quantitative estimate of drug-likeness (QED) is 0.770. The van der Waals surface area contributed by atoms with Crippen LogP contribution in [0.15, 0.2) is 66.9 Å². The Labute approximate surface area is 119 Å². The molecule has 1 heterocycles. The molecule has 0 amide bonds. The molecule has 1 atom stereocenters. The van der Waals surface area contributed by atoms with Gasteiger partial charge in [-0.1, -0.05) is 49.4 Å². The van der Waals surface area contributed by atoms with E-state index in [4.69, 9.17) is 0 Å². The van der Waals surface area contributed by atoms with Crippen LogP contribution in [0.25, 0.3) is 10.8 Å². The number of aromatic nitrogens is 1. The van der Waals surface area contributed by atoms with Gasteiger partial charge in [0.2, 0.25) is 0 Å². The average molecular weight is 262 g/mol. The number of hydrogen-bond donors (Lipinski definition) is 1. The van der Waals surface area contributed by atoms with Gasteiger partial charge in [0.25, 0.3) is 0 Å². The fraction of sp³-hybridized carbons (Fsp3) is 0.167. The molecule has 100 valence electrons. The van der Waals surface area contributed by atoms with E-state index < -0.39 is 0 Å². The molecule has 1 N–H and O–H groups in total. The SMILES string of the molecule is CCNC(c1ccc2ccccc2c1)c1ccccn1. The molecule has 0 aliphatic rings. The lowest BCUT2D eigenvalue weighted by molar-refractivity contribution is 0.616. The predicted octanol–water partition coefficient (Wildman–Crippen LogP) is 3.93. The summed E-state index contributed by atoms with van der Waals surface area (Å²) in [4.78, 5) is 4.49. The third-order valence-corrected chi connectivity index (χ3v) is 3.50. The minimum absolute atomic E-state index is 0.144. The van der Waals surface area contributed by atoms with Crippen LogP contribution in [0.4, 0.5) is 0 Å². The van der Waals surface area contributed by atoms with E-state index in [0.29, 0.717) is 0 Å². The molecule has 2 aromatic carbocycles. The Morgan fingerprint density at radius 1 is 0.950 bits per heavy atom. The molecular formula is C18H18N2. The molecule has 20 heavy (non-hydrogen) atoms. The van der Waals surface area contributed by atoms with E-state index in [2.05, 4.69) is 65.8 Å². The van der Waals surface area contributed by atoms with Crippen LogP contribution in [0, 0.1) is 0 Å². The van der Waals surface area contributed by atoms with Gasteiger partial charge in [-0.2, -0.15) is 0 Å². The van der Waals surface area contributed by atoms with Crippen molar-refractivity contribution >= 4 is 10.8 Å². The van der Waals surface area contributed by atoms with Crippen molar-refractivity contribution in [2.45, 2.75) is 13.0 Å². The summed E-state index contributed by atoms with van der Waals surface area (Å²) in [5.74, 6) is 0. The van der Waals surface area contributed by atoms with E-state index in [9.17, 15) is 0 Å². The molecule has 0 radical (unpaired) electrons. The van der Waals surface area contributed by atoms with Crippen LogP contribution in [0.2, 0.25) is 0 Å². The lowest BCUT2D eigenvalue weighted by Crippen LogP contribution is -2.22. The summed E-state index contributed by atoms with van der Waals surface area (Å²) in [7, 11) is 0. The summed E-state index contributed by atoms with van der Waals surface area (Å²) in [5, 5.41) is 6.06. The van der Waals surface area contributed by atoms with Crippen molar-refractivity contribution in [2.24, 2.45) is 0 Å². The molecule has 0 fully saturated rings. The van der Waals surface area contributed by atoms with Crippen LogP contribution in [0.1, 0.15) is 24.2 Å². The maximum atomic E-state index is 4.49. The number of nitrogens with zero attached hydrogens (tertiary/aromatic N) is 1. The van der Waals surface area contributed by atoms with Gasteiger partial charge in [-0.25, -0.2) is 0 Å². The minimum Gasteiger partial charge on any atom is -0.305 e. The van der Waals surface area contributed by atoms with Crippen molar-refractivity contribution in [2.75, 3.05) is 6.54 Å². The Morgan fingerprint density at radius 2 is 1.75 bits per heavy atom. The van der Waals surface area contributed by atoms with E-state index in [1.54, 1.807) is 0 Å². The first-order valence-corrected chi connectivity index (χ1v) is 7.01. The van der Waals surface area contributed by atoms with Crippen molar-refractivity contribution in [3.63, 3.8) is 0 Å². The minimum atomic E-state index is 0.144. The highest BCUT2D eigenvalue weighted by molar-refractivity contribution is 5.83. The first kappa shape index (κ1) is 12.8. The Morgan fingerprint density at radius 3 is 2.50 bits per heavy atom. The van der Waals surface area contributed by atoms with Crippen molar-refractivity contribution < 1.29 is 0 Å².